The van der Waals surface area contributed by atoms with Gasteiger partial charge in [0.15, 0.2) is 0 Å². The van der Waals surface area contributed by atoms with E-state index in [-0.39, 0.29) is 12.5 Å². The first-order valence-corrected chi connectivity index (χ1v) is 12.7. The van der Waals surface area contributed by atoms with Crippen molar-refractivity contribution in [2.45, 2.75) is 122 Å². The summed E-state index contributed by atoms with van der Waals surface area (Å²) in [6.07, 6.45) is 28.0. The molecule has 4 nitrogen and oxygen atoms in total. The fourth-order valence-corrected chi connectivity index (χ4v) is 3.31. The van der Waals surface area contributed by atoms with Gasteiger partial charge in [-0.3, -0.25) is 4.79 Å². The molecule has 0 spiro atoms. The Kier molecular flexibility index (Phi) is 22.2. The highest BCUT2D eigenvalue weighted by atomic mass is 16.3. The highest BCUT2D eigenvalue weighted by Crippen LogP contribution is 2.09. The average Bonchev–Trinajstić information content (AvgIpc) is 2.77. The van der Waals surface area contributed by atoms with Crippen molar-refractivity contribution < 1.29 is 15.0 Å². The molecule has 3 N–H and O–H groups in total. The Bertz CT molecular complexity index is 485. The summed E-state index contributed by atoms with van der Waals surface area (Å²) in [7, 11) is 0. The van der Waals surface area contributed by atoms with Gasteiger partial charge in [0.1, 0.15) is 0 Å². The van der Waals surface area contributed by atoms with Crippen molar-refractivity contribution in [2.75, 3.05) is 6.61 Å². The van der Waals surface area contributed by atoms with E-state index in [2.05, 4.69) is 43.5 Å². The molecule has 2 unspecified atom stereocenters. The molecule has 0 aliphatic heterocycles. The molecule has 0 aromatic heterocycles. The Morgan fingerprint density at radius 2 is 1.35 bits per heavy atom. The zero-order valence-electron chi connectivity index (χ0n) is 20.2. The van der Waals surface area contributed by atoms with Crippen LogP contribution in [0.15, 0.2) is 36.5 Å². The lowest BCUT2D eigenvalue weighted by Crippen LogP contribution is -2.45. The van der Waals surface area contributed by atoms with Crippen LogP contribution in [0, 0.1) is 0 Å². The van der Waals surface area contributed by atoms with Crippen LogP contribution in [0.4, 0.5) is 0 Å². The number of carbonyl (C=O) groups excluding carboxylic acids is 1. The van der Waals surface area contributed by atoms with Gasteiger partial charge in [-0.05, 0) is 44.9 Å². The maximum atomic E-state index is 12.1. The first-order chi connectivity index (χ1) is 15.2. The van der Waals surface area contributed by atoms with Crippen LogP contribution in [-0.2, 0) is 4.79 Å². The molecule has 0 fully saturated rings. The van der Waals surface area contributed by atoms with Gasteiger partial charge in [-0.1, -0.05) is 95.2 Å². The van der Waals surface area contributed by atoms with Crippen LogP contribution < -0.4 is 5.32 Å². The summed E-state index contributed by atoms with van der Waals surface area (Å²) in [5, 5.41) is 22.4. The van der Waals surface area contributed by atoms with Crippen molar-refractivity contribution in [1.29, 1.82) is 0 Å². The van der Waals surface area contributed by atoms with Crippen LogP contribution in [0.3, 0.4) is 0 Å². The second kappa shape index (κ2) is 23.3. The molecule has 0 aromatic rings. The average molecular weight is 436 g/mol. The quantitative estimate of drug-likeness (QED) is 0.145. The molecule has 2 atom stereocenters. The summed E-state index contributed by atoms with van der Waals surface area (Å²) in [6, 6.07) is -0.622. The number of hydrogen-bond donors (Lipinski definition) is 3. The second-order valence-electron chi connectivity index (χ2n) is 8.40. The van der Waals surface area contributed by atoms with Gasteiger partial charge in [0.05, 0.1) is 18.8 Å². The van der Waals surface area contributed by atoms with Crippen molar-refractivity contribution in [1.82, 2.24) is 5.32 Å². The minimum atomic E-state index is -0.838. The zero-order chi connectivity index (χ0) is 23.0. The van der Waals surface area contributed by atoms with Gasteiger partial charge in [-0.2, -0.15) is 0 Å². The van der Waals surface area contributed by atoms with Gasteiger partial charge in [0.2, 0.25) is 5.91 Å². The summed E-state index contributed by atoms with van der Waals surface area (Å²) >= 11 is 0. The minimum absolute atomic E-state index is 0.0904. The monoisotopic (exact) mass is 435 g/mol. The summed E-state index contributed by atoms with van der Waals surface area (Å²) < 4.78 is 0. The fraction of sp³-hybridized carbons (Fsp3) is 0.741. The van der Waals surface area contributed by atoms with Crippen molar-refractivity contribution >= 4 is 5.91 Å². The number of unbranched alkanes of at least 4 members (excludes halogenated alkanes) is 10. The molecule has 180 valence electrons. The first kappa shape index (κ1) is 29.6. The molecule has 0 saturated carbocycles. The lowest BCUT2D eigenvalue weighted by Gasteiger charge is -2.19. The van der Waals surface area contributed by atoms with Crippen molar-refractivity contribution in [2.24, 2.45) is 0 Å². The van der Waals surface area contributed by atoms with Gasteiger partial charge < -0.3 is 15.5 Å². The third-order valence-corrected chi connectivity index (χ3v) is 5.37. The lowest BCUT2D eigenvalue weighted by atomic mass is 10.1. The Morgan fingerprint density at radius 1 is 0.774 bits per heavy atom. The number of carbonyl (C=O) groups is 1. The zero-order valence-corrected chi connectivity index (χ0v) is 20.2. The van der Waals surface area contributed by atoms with E-state index in [9.17, 15) is 15.0 Å². The maximum absolute atomic E-state index is 12.1. The predicted octanol–water partition coefficient (Wildman–Crippen LogP) is 6.38. The number of nitrogens with one attached hydrogen (secondary N) is 1. The van der Waals surface area contributed by atoms with Crippen LogP contribution in [-0.4, -0.2) is 34.9 Å². The van der Waals surface area contributed by atoms with E-state index >= 15 is 0 Å². The van der Waals surface area contributed by atoms with Gasteiger partial charge >= 0.3 is 0 Å². The van der Waals surface area contributed by atoms with E-state index in [1.165, 1.54) is 44.9 Å². The number of rotatable bonds is 21. The third-order valence-electron chi connectivity index (χ3n) is 5.37. The molecule has 1 amide bonds. The fourth-order valence-electron chi connectivity index (χ4n) is 3.31. The Hall–Kier alpha value is -1.39. The molecule has 0 bridgehead atoms. The number of allylic oxidation sites excluding steroid dienone is 5. The highest BCUT2D eigenvalue weighted by Gasteiger charge is 2.17. The van der Waals surface area contributed by atoms with Crippen molar-refractivity contribution in [3.63, 3.8) is 0 Å². The van der Waals surface area contributed by atoms with Gasteiger partial charge in [0.25, 0.3) is 0 Å². The number of hydrogen-bond acceptors (Lipinski definition) is 3. The Labute approximate surface area is 191 Å². The van der Waals surface area contributed by atoms with Crippen LogP contribution >= 0.6 is 0 Å². The minimum Gasteiger partial charge on any atom is -0.394 e. The number of aliphatic hydroxyl groups is 2. The molecular formula is C27H49NO3. The van der Waals surface area contributed by atoms with Crippen molar-refractivity contribution in [3.05, 3.63) is 36.5 Å². The molecule has 0 rings (SSSR count). The van der Waals surface area contributed by atoms with Crippen molar-refractivity contribution in [3.8, 4) is 0 Å². The molecule has 0 radical (unpaired) electrons. The van der Waals surface area contributed by atoms with Crippen LogP contribution in [0.1, 0.15) is 110 Å². The summed E-state index contributed by atoms with van der Waals surface area (Å²) in [6.45, 7) is 4.12. The SMILES string of the molecule is CCCC/C=C\C/C=C\CCCCCCCC(=O)NC(CO)C(O)/C=C/CCCCC. The molecule has 0 saturated heterocycles. The highest BCUT2D eigenvalue weighted by molar-refractivity contribution is 5.76. The van der Waals surface area contributed by atoms with E-state index in [0.717, 1.165) is 44.9 Å². The number of amides is 1. The Morgan fingerprint density at radius 3 is 2.03 bits per heavy atom. The smallest absolute Gasteiger partial charge is 0.220 e. The largest absolute Gasteiger partial charge is 0.394 e. The molecule has 0 heterocycles. The van der Waals surface area contributed by atoms with Crippen LogP contribution in [0.2, 0.25) is 0 Å². The van der Waals surface area contributed by atoms with E-state index in [4.69, 9.17) is 0 Å². The summed E-state index contributed by atoms with van der Waals surface area (Å²) in [5.74, 6) is -0.0904. The summed E-state index contributed by atoms with van der Waals surface area (Å²) in [4.78, 5) is 12.1. The normalized spacial score (nSPS) is 14.1. The van der Waals surface area contributed by atoms with Gasteiger partial charge in [-0.15, -0.1) is 0 Å². The van der Waals surface area contributed by atoms with E-state index in [0.29, 0.717) is 6.42 Å². The summed E-state index contributed by atoms with van der Waals surface area (Å²) in [5.41, 5.74) is 0. The second-order valence-corrected chi connectivity index (χ2v) is 8.40. The van der Waals surface area contributed by atoms with E-state index in [1.54, 1.807) is 6.08 Å². The number of aliphatic hydroxyl groups excluding tert-OH is 2. The predicted molar refractivity (Wildman–Crippen MR) is 133 cm³/mol. The van der Waals surface area contributed by atoms with Gasteiger partial charge in [-0.25, -0.2) is 0 Å². The van der Waals surface area contributed by atoms with Gasteiger partial charge in [0, 0.05) is 6.42 Å². The first-order valence-electron chi connectivity index (χ1n) is 12.7. The molecule has 31 heavy (non-hydrogen) atoms. The third kappa shape index (κ3) is 20.3. The molecular weight excluding hydrogens is 386 g/mol. The van der Waals surface area contributed by atoms with Crippen LogP contribution in [0.25, 0.3) is 0 Å². The molecule has 0 aliphatic rings. The molecule has 4 heteroatoms. The lowest BCUT2D eigenvalue weighted by molar-refractivity contribution is -0.123. The van der Waals surface area contributed by atoms with E-state index in [1.807, 2.05) is 6.08 Å². The van der Waals surface area contributed by atoms with E-state index < -0.39 is 12.1 Å². The Balaban J connectivity index is 3.71. The maximum Gasteiger partial charge on any atom is 0.220 e. The topological polar surface area (TPSA) is 69.6 Å². The van der Waals surface area contributed by atoms with Crippen LogP contribution in [0.5, 0.6) is 0 Å². The molecule has 0 aromatic carbocycles. The standard InChI is InChI=1S/C27H49NO3/c1-3-5-7-9-10-11-12-13-14-15-16-17-19-21-23-27(31)28-25(24-29)26(30)22-20-18-8-6-4-2/h9-10,12-13,20,22,25-26,29-30H,3-8,11,14-19,21,23-24H2,1-2H3,(H,28,31)/b10-9-,13-12-,22-20+. The molecule has 0 aliphatic carbocycles.